The van der Waals surface area contributed by atoms with Crippen LogP contribution in [0.3, 0.4) is 0 Å². The third-order valence-corrected chi connectivity index (χ3v) is 2.70. The second-order valence-electron chi connectivity index (χ2n) is 3.91. The smallest absolute Gasteiger partial charge is 0.327 e. The number of aromatic nitrogens is 3. The molecule has 0 unspecified atom stereocenters. The number of halogens is 2. The first-order chi connectivity index (χ1) is 9.69. The predicted molar refractivity (Wildman–Crippen MR) is 76.8 cm³/mol. The maximum Gasteiger partial charge on any atom is 0.327 e. The normalized spacial score (nSPS) is 10.3. The first kappa shape index (κ1) is 14.8. The van der Waals surface area contributed by atoms with Crippen LogP contribution in [0.25, 0.3) is 0 Å². The van der Waals surface area contributed by atoms with Crippen LogP contribution in [-0.2, 0) is 0 Å². The minimum absolute atomic E-state index is 0.0237. The Morgan fingerprint density at radius 2 is 1.65 bits per heavy atom. The zero-order chi connectivity index (χ0) is 14.4. The monoisotopic (exact) mass is 313 g/mol. The van der Waals surface area contributed by atoms with Crippen LogP contribution in [0, 0.1) is 0 Å². The van der Waals surface area contributed by atoms with Crippen LogP contribution in [0.15, 0.2) is 24.3 Å². The van der Waals surface area contributed by atoms with Gasteiger partial charge in [0.1, 0.15) is 0 Å². The molecular formula is C13H13Cl2N3O2. The molecular weight excluding hydrogens is 301 g/mol. The second-order valence-corrected chi connectivity index (χ2v) is 4.58. The molecule has 7 heteroatoms. The van der Waals surface area contributed by atoms with Crippen molar-refractivity contribution in [2.75, 3.05) is 6.61 Å². The molecule has 0 spiro atoms. The van der Waals surface area contributed by atoms with Crippen LogP contribution < -0.4 is 9.47 Å². The van der Waals surface area contributed by atoms with E-state index in [1.807, 2.05) is 18.2 Å². The van der Waals surface area contributed by atoms with Crippen LogP contribution >= 0.6 is 23.2 Å². The zero-order valence-electron chi connectivity index (χ0n) is 10.8. The number of hydrogen-bond donors (Lipinski definition) is 0. The summed E-state index contributed by atoms with van der Waals surface area (Å²) >= 11 is 11.4. The van der Waals surface area contributed by atoms with Crippen LogP contribution in [-0.4, -0.2) is 21.6 Å². The van der Waals surface area contributed by atoms with Gasteiger partial charge in [-0.25, -0.2) is 0 Å². The van der Waals surface area contributed by atoms with Crippen LogP contribution in [0.2, 0.25) is 10.6 Å². The standard InChI is InChI=1S/C13H13Cl2N3O2/c1-2-3-8-19-9-6-4-5-7-10(9)20-13-17-11(14)16-12(15)18-13/h4-7H,2-3,8H2,1H3. The van der Waals surface area contributed by atoms with Gasteiger partial charge in [0.2, 0.25) is 10.6 Å². The van der Waals surface area contributed by atoms with Crippen molar-refractivity contribution in [3.8, 4) is 17.5 Å². The number of hydrogen-bond acceptors (Lipinski definition) is 5. The fourth-order valence-electron chi connectivity index (χ4n) is 1.43. The van der Waals surface area contributed by atoms with E-state index in [4.69, 9.17) is 32.7 Å². The van der Waals surface area contributed by atoms with Gasteiger partial charge in [0, 0.05) is 0 Å². The van der Waals surface area contributed by atoms with Gasteiger partial charge in [0.25, 0.3) is 0 Å². The second kappa shape index (κ2) is 7.26. The van der Waals surface area contributed by atoms with Gasteiger partial charge in [-0.15, -0.1) is 0 Å². The number of unbranched alkanes of at least 4 members (excludes halogenated alkanes) is 1. The van der Waals surface area contributed by atoms with Crippen molar-refractivity contribution in [1.29, 1.82) is 0 Å². The Bertz CT molecular complexity index is 561. The quantitative estimate of drug-likeness (QED) is 0.750. The van der Waals surface area contributed by atoms with E-state index in [1.54, 1.807) is 6.07 Å². The number of benzene rings is 1. The van der Waals surface area contributed by atoms with Crippen molar-refractivity contribution in [3.05, 3.63) is 34.8 Å². The number of ether oxygens (including phenoxy) is 2. The fourth-order valence-corrected chi connectivity index (χ4v) is 1.78. The van der Waals surface area contributed by atoms with Crippen molar-refractivity contribution in [2.24, 2.45) is 0 Å². The summed E-state index contributed by atoms with van der Waals surface area (Å²) in [6.45, 7) is 2.72. The third-order valence-electron chi connectivity index (χ3n) is 2.37. The lowest BCUT2D eigenvalue weighted by Crippen LogP contribution is -2.00. The maximum absolute atomic E-state index is 5.70. The minimum Gasteiger partial charge on any atom is -0.490 e. The summed E-state index contributed by atoms with van der Waals surface area (Å²) in [5, 5.41) is -0.0474. The highest BCUT2D eigenvalue weighted by atomic mass is 35.5. The summed E-state index contributed by atoms with van der Waals surface area (Å²) < 4.78 is 11.2. The lowest BCUT2D eigenvalue weighted by atomic mass is 10.3. The highest BCUT2D eigenvalue weighted by molar-refractivity contribution is 6.31. The molecule has 0 saturated carbocycles. The third kappa shape index (κ3) is 4.21. The Balaban J connectivity index is 2.15. The van der Waals surface area contributed by atoms with E-state index in [1.165, 1.54) is 0 Å². The molecule has 1 heterocycles. The molecule has 106 valence electrons. The molecule has 0 fully saturated rings. The lowest BCUT2D eigenvalue weighted by Gasteiger charge is -2.10. The Kier molecular flexibility index (Phi) is 5.38. The van der Waals surface area contributed by atoms with E-state index in [-0.39, 0.29) is 16.6 Å². The summed E-state index contributed by atoms with van der Waals surface area (Å²) in [4.78, 5) is 11.4. The predicted octanol–water partition coefficient (Wildman–Crippen LogP) is 4.15. The molecule has 0 aliphatic rings. The van der Waals surface area contributed by atoms with Gasteiger partial charge in [-0.1, -0.05) is 25.5 Å². The van der Waals surface area contributed by atoms with Crippen LogP contribution in [0.1, 0.15) is 19.8 Å². The minimum atomic E-state index is -0.0237. The summed E-state index contributed by atoms with van der Waals surface area (Å²) in [6, 6.07) is 7.29. The molecule has 2 aromatic rings. The van der Waals surface area contributed by atoms with E-state index >= 15 is 0 Å². The van der Waals surface area contributed by atoms with Gasteiger partial charge < -0.3 is 9.47 Å². The van der Waals surface area contributed by atoms with E-state index < -0.39 is 0 Å². The van der Waals surface area contributed by atoms with Crippen molar-refractivity contribution in [3.63, 3.8) is 0 Å². The molecule has 1 aromatic heterocycles. The van der Waals surface area contributed by atoms with E-state index in [2.05, 4.69) is 21.9 Å². The van der Waals surface area contributed by atoms with Gasteiger partial charge >= 0.3 is 6.01 Å². The summed E-state index contributed by atoms with van der Waals surface area (Å²) in [7, 11) is 0. The van der Waals surface area contributed by atoms with Gasteiger partial charge in [-0.3, -0.25) is 0 Å². The molecule has 0 aliphatic heterocycles. The first-order valence-electron chi connectivity index (χ1n) is 6.16. The average Bonchev–Trinajstić information content (AvgIpc) is 2.40. The number of rotatable bonds is 6. The summed E-state index contributed by atoms with van der Waals surface area (Å²) in [5.74, 6) is 1.12. The lowest BCUT2D eigenvalue weighted by molar-refractivity contribution is 0.292. The highest BCUT2D eigenvalue weighted by Crippen LogP contribution is 2.30. The van der Waals surface area contributed by atoms with E-state index in [9.17, 15) is 0 Å². The molecule has 5 nitrogen and oxygen atoms in total. The maximum atomic E-state index is 5.70. The Labute approximate surface area is 126 Å². The molecule has 0 aliphatic carbocycles. The SMILES string of the molecule is CCCCOc1ccccc1Oc1nc(Cl)nc(Cl)n1. The molecule has 0 atom stereocenters. The van der Waals surface area contributed by atoms with Crippen LogP contribution in [0.5, 0.6) is 17.5 Å². The van der Waals surface area contributed by atoms with Crippen LogP contribution in [0.4, 0.5) is 0 Å². The fraction of sp³-hybridized carbons (Fsp3) is 0.308. The molecule has 0 amide bonds. The highest BCUT2D eigenvalue weighted by Gasteiger charge is 2.09. The van der Waals surface area contributed by atoms with Crippen molar-refractivity contribution < 1.29 is 9.47 Å². The Morgan fingerprint density at radius 3 is 2.30 bits per heavy atom. The topological polar surface area (TPSA) is 57.1 Å². The van der Waals surface area contributed by atoms with E-state index in [0.717, 1.165) is 12.8 Å². The number of nitrogens with zero attached hydrogens (tertiary/aromatic N) is 3. The number of para-hydroxylation sites is 2. The molecule has 20 heavy (non-hydrogen) atoms. The summed E-state index contributed by atoms with van der Waals surface area (Å²) in [5.41, 5.74) is 0. The van der Waals surface area contributed by atoms with Crippen molar-refractivity contribution in [1.82, 2.24) is 15.0 Å². The Hall–Kier alpha value is -1.59. The largest absolute Gasteiger partial charge is 0.490 e. The molecule has 0 N–H and O–H groups in total. The van der Waals surface area contributed by atoms with Crippen molar-refractivity contribution in [2.45, 2.75) is 19.8 Å². The molecule has 1 aromatic carbocycles. The van der Waals surface area contributed by atoms with Crippen molar-refractivity contribution >= 4 is 23.2 Å². The molecule has 0 radical (unpaired) electrons. The Morgan fingerprint density at radius 1 is 1.00 bits per heavy atom. The van der Waals surface area contributed by atoms with Gasteiger partial charge in [-0.2, -0.15) is 15.0 Å². The molecule has 0 bridgehead atoms. The first-order valence-corrected chi connectivity index (χ1v) is 6.91. The molecule has 2 rings (SSSR count). The summed E-state index contributed by atoms with van der Waals surface area (Å²) in [6.07, 6.45) is 2.03. The van der Waals surface area contributed by atoms with E-state index in [0.29, 0.717) is 18.1 Å². The van der Waals surface area contributed by atoms with Gasteiger partial charge in [0.05, 0.1) is 6.61 Å². The zero-order valence-corrected chi connectivity index (χ0v) is 12.4. The van der Waals surface area contributed by atoms with Gasteiger partial charge in [-0.05, 0) is 41.8 Å². The average molecular weight is 314 g/mol. The van der Waals surface area contributed by atoms with Gasteiger partial charge in [0.15, 0.2) is 11.5 Å². The molecule has 0 saturated heterocycles.